The van der Waals surface area contributed by atoms with Gasteiger partial charge in [-0.2, -0.15) is 0 Å². The summed E-state index contributed by atoms with van der Waals surface area (Å²) in [5.74, 6) is 0.799. The normalized spacial score (nSPS) is 16.2. The highest BCUT2D eigenvalue weighted by Gasteiger charge is 2.28. The van der Waals surface area contributed by atoms with Crippen molar-refractivity contribution in [1.82, 2.24) is 10.6 Å². The third-order valence-electron chi connectivity index (χ3n) is 5.51. The molecule has 1 aliphatic heterocycles. The summed E-state index contributed by atoms with van der Waals surface area (Å²) in [7, 11) is 0. The minimum Gasteiger partial charge on any atom is -0.467 e. The molecule has 0 bridgehead atoms. The summed E-state index contributed by atoms with van der Waals surface area (Å²) in [6.45, 7) is 9.26. The number of amides is 2. The number of nitrogens with one attached hydrogen (secondary N) is 2. The van der Waals surface area contributed by atoms with Gasteiger partial charge in [-0.05, 0) is 50.3 Å². The Hall–Kier alpha value is -2.96. The predicted molar refractivity (Wildman–Crippen MR) is 120 cm³/mol. The van der Waals surface area contributed by atoms with Crippen LogP contribution in [0.25, 0.3) is 0 Å². The van der Waals surface area contributed by atoms with Crippen LogP contribution in [0.3, 0.4) is 0 Å². The topological polar surface area (TPSA) is 83.8 Å². The van der Waals surface area contributed by atoms with Crippen LogP contribution in [0.1, 0.15) is 55.8 Å². The number of ether oxygens (including phenoxy) is 1. The lowest BCUT2D eigenvalue weighted by Crippen LogP contribution is -2.44. The van der Waals surface area contributed by atoms with Crippen molar-refractivity contribution in [3.8, 4) is 0 Å². The summed E-state index contributed by atoms with van der Waals surface area (Å²) in [5.41, 5.74) is 3.03. The van der Waals surface area contributed by atoms with Crippen molar-refractivity contribution in [3.05, 3.63) is 53.5 Å². The largest absolute Gasteiger partial charge is 0.467 e. The van der Waals surface area contributed by atoms with E-state index in [2.05, 4.69) is 54.5 Å². The molecule has 3 rings (SSSR count). The molecule has 1 aromatic heterocycles. The number of carbonyl (C=O) groups is 2. The molecule has 0 radical (unpaired) electrons. The van der Waals surface area contributed by atoms with Gasteiger partial charge in [-0.15, -0.1) is 0 Å². The Bertz CT molecular complexity index is 892. The predicted octanol–water partition coefficient (Wildman–Crippen LogP) is 4.12. The first-order valence-corrected chi connectivity index (χ1v) is 11.0. The average Bonchev–Trinajstić information content (AvgIpc) is 3.30. The number of benzene rings is 1. The molecule has 2 amide bonds. The number of hydrogen-bond acceptors (Lipinski definition) is 5. The molecule has 2 heterocycles. The van der Waals surface area contributed by atoms with Crippen LogP contribution in [0, 0.1) is 5.92 Å². The van der Waals surface area contributed by atoms with Crippen molar-refractivity contribution in [1.29, 1.82) is 0 Å². The Balaban J connectivity index is 1.64. The van der Waals surface area contributed by atoms with E-state index in [9.17, 15) is 9.59 Å². The van der Waals surface area contributed by atoms with E-state index in [1.54, 1.807) is 19.3 Å². The molecule has 0 spiro atoms. The molecular formula is C24H33N3O4. The fourth-order valence-corrected chi connectivity index (χ4v) is 4.10. The van der Waals surface area contributed by atoms with E-state index < -0.39 is 6.09 Å². The summed E-state index contributed by atoms with van der Waals surface area (Å²) in [6.07, 6.45) is 2.81. The van der Waals surface area contributed by atoms with Crippen LogP contribution in [0.4, 0.5) is 10.5 Å². The zero-order chi connectivity index (χ0) is 22.4. The second kappa shape index (κ2) is 10.4. The molecule has 7 nitrogen and oxygen atoms in total. The second-order valence-electron chi connectivity index (χ2n) is 8.47. The number of anilines is 1. The fourth-order valence-electron chi connectivity index (χ4n) is 4.10. The maximum Gasteiger partial charge on any atom is 0.407 e. The van der Waals surface area contributed by atoms with Gasteiger partial charge in [0.05, 0.1) is 25.0 Å². The number of hydrogen-bond donors (Lipinski definition) is 2. The third kappa shape index (κ3) is 5.81. The number of carbonyl (C=O) groups excluding carboxylic acids is 2. The molecule has 0 fully saturated rings. The summed E-state index contributed by atoms with van der Waals surface area (Å²) in [5, 5.41) is 5.78. The van der Waals surface area contributed by atoms with Crippen LogP contribution in [0.15, 0.2) is 41.0 Å². The van der Waals surface area contributed by atoms with E-state index in [1.165, 1.54) is 11.3 Å². The first-order valence-electron chi connectivity index (χ1n) is 11.0. The van der Waals surface area contributed by atoms with Gasteiger partial charge in [0.1, 0.15) is 5.76 Å². The minimum atomic E-state index is -0.465. The Kier molecular flexibility index (Phi) is 7.60. The molecule has 2 N–H and O–H groups in total. The van der Waals surface area contributed by atoms with E-state index in [1.807, 2.05) is 6.07 Å². The van der Waals surface area contributed by atoms with E-state index in [-0.39, 0.29) is 11.9 Å². The molecule has 2 aromatic rings. The van der Waals surface area contributed by atoms with Crippen LogP contribution in [-0.4, -0.2) is 37.2 Å². The van der Waals surface area contributed by atoms with Crippen molar-refractivity contribution >= 4 is 17.7 Å². The monoisotopic (exact) mass is 427 g/mol. The van der Waals surface area contributed by atoms with Gasteiger partial charge in [0.2, 0.25) is 0 Å². The highest BCUT2D eigenvalue weighted by Crippen LogP contribution is 2.33. The smallest absolute Gasteiger partial charge is 0.407 e. The lowest BCUT2D eigenvalue weighted by molar-refractivity contribution is 0.0942. The Morgan fingerprint density at radius 2 is 2.03 bits per heavy atom. The Morgan fingerprint density at radius 1 is 1.26 bits per heavy atom. The summed E-state index contributed by atoms with van der Waals surface area (Å²) in [6, 6.07) is 10.2. The number of fused-ring (bicyclic) bond motifs is 1. The zero-order valence-electron chi connectivity index (χ0n) is 18.8. The molecule has 0 saturated heterocycles. The molecular weight excluding hydrogens is 394 g/mol. The van der Waals surface area contributed by atoms with Gasteiger partial charge in [-0.1, -0.05) is 32.0 Å². The molecule has 1 aliphatic rings. The zero-order valence-corrected chi connectivity index (χ0v) is 18.8. The third-order valence-corrected chi connectivity index (χ3v) is 5.51. The van der Waals surface area contributed by atoms with Crippen LogP contribution < -0.4 is 15.5 Å². The molecule has 2 unspecified atom stereocenters. The van der Waals surface area contributed by atoms with Gasteiger partial charge in [0, 0.05) is 24.3 Å². The maximum absolute atomic E-state index is 12.9. The molecule has 0 saturated carbocycles. The maximum atomic E-state index is 12.9. The van der Waals surface area contributed by atoms with Gasteiger partial charge in [0.15, 0.2) is 0 Å². The van der Waals surface area contributed by atoms with Gasteiger partial charge < -0.3 is 24.7 Å². The molecule has 2 atom stereocenters. The van der Waals surface area contributed by atoms with Gasteiger partial charge in [0.25, 0.3) is 5.91 Å². The standard InChI is InChI=1S/C24H33N3O4/c1-5-30-24(29)26-19(12-16(2)3)14-25-23(28)20-10-11-31-22(20)15-27-17(4)13-18-8-6-7-9-21(18)27/h6-11,16-17,19H,5,12-15H2,1-4H3,(H,25,28)(H,26,29). The van der Waals surface area contributed by atoms with Gasteiger partial charge in [-0.3, -0.25) is 4.79 Å². The summed E-state index contributed by atoms with van der Waals surface area (Å²) in [4.78, 5) is 27.0. The van der Waals surface area contributed by atoms with Crippen molar-refractivity contribution in [2.75, 3.05) is 18.1 Å². The van der Waals surface area contributed by atoms with E-state index in [0.29, 0.717) is 43.0 Å². The number of furan rings is 1. The van der Waals surface area contributed by atoms with Crippen molar-refractivity contribution in [2.24, 2.45) is 5.92 Å². The average molecular weight is 428 g/mol. The molecule has 0 aliphatic carbocycles. The van der Waals surface area contributed by atoms with Gasteiger partial charge >= 0.3 is 6.09 Å². The lowest BCUT2D eigenvalue weighted by Gasteiger charge is -2.24. The first kappa shape index (κ1) is 22.7. The highest BCUT2D eigenvalue weighted by atomic mass is 16.5. The first-order chi connectivity index (χ1) is 14.9. The van der Waals surface area contributed by atoms with E-state index in [4.69, 9.17) is 9.15 Å². The molecule has 168 valence electrons. The SMILES string of the molecule is CCOC(=O)NC(CNC(=O)c1ccoc1CN1c2ccccc2CC1C)CC(C)C. The minimum absolute atomic E-state index is 0.205. The van der Waals surface area contributed by atoms with Crippen molar-refractivity contribution in [2.45, 2.75) is 59.2 Å². The van der Waals surface area contributed by atoms with Crippen LogP contribution in [0.5, 0.6) is 0 Å². The quantitative estimate of drug-likeness (QED) is 0.629. The number of rotatable bonds is 9. The van der Waals surface area contributed by atoms with E-state index in [0.717, 1.165) is 12.8 Å². The van der Waals surface area contributed by atoms with Crippen LogP contribution in [0.2, 0.25) is 0 Å². The molecule has 1 aromatic carbocycles. The lowest BCUT2D eigenvalue weighted by atomic mass is 10.0. The highest BCUT2D eigenvalue weighted by molar-refractivity contribution is 5.95. The van der Waals surface area contributed by atoms with Crippen LogP contribution in [-0.2, 0) is 17.7 Å². The Labute approximate surface area is 184 Å². The van der Waals surface area contributed by atoms with Crippen LogP contribution >= 0.6 is 0 Å². The number of para-hydroxylation sites is 1. The van der Waals surface area contributed by atoms with E-state index >= 15 is 0 Å². The summed E-state index contributed by atoms with van der Waals surface area (Å²) < 4.78 is 10.7. The van der Waals surface area contributed by atoms with Crippen molar-refractivity contribution in [3.63, 3.8) is 0 Å². The molecule has 7 heteroatoms. The Morgan fingerprint density at radius 3 is 2.77 bits per heavy atom. The second-order valence-corrected chi connectivity index (χ2v) is 8.47. The number of nitrogens with zero attached hydrogens (tertiary/aromatic N) is 1. The number of alkyl carbamates (subject to hydrolysis) is 1. The van der Waals surface area contributed by atoms with Gasteiger partial charge in [-0.25, -0.2) is 4.79 Å². The molecule has 31 heavy (non-hydrogen) atoms. The van der Waals surface area contributed by atoms with Crippen molar-refractivity contribution < 1.29 is 18.7 Å². The summed E-state index contributed by atoms with van der Waals surface area (Å²) >= 11 is 0. The fraction of sp³-hybridized carbons (Fsp3) is 0.500.